The molecule has 0 fully saturated rings. The normalized spacial score (nSPS) is 10.9. The van der Waals surface area contributed by atoms with Crippen molar-refractivity contribution in [1.29, 1.82) is 0 Å². The zero-order chi connectivity index (χ0) is 10.3. The Morgan fingerprint density at radius 3 is 3.00 bits per heavy atom. The van der Waals surface area contributed by atoms with Gasteiger partial charge in [0.15, 0.2) is 0 Å². The molecular weight excluding hydrogens is 188 g/mol. The van der Waals surface area contributed by atoms with Gasteiger partial charge in [-0.1, -0.05) is 6.07 Å². The monoisotopic (exact) mass is 196 g/mol. The van der Waals surface area contributed by atoms with Crippen molar-refractivity contribution in [1.82, 2.24) is 9.38 Å². The van der Waals surface area contributed by atoms with Gasteiger partial charge in [0.1, 0.15) is 11.9 Å². The molecule has 3 nitrogen and oxygen atoms in total. The van der Waals surface area contributed by atoms with Crippen LogP contribution in [0.3, 0.4) is 0 Å². The van der Waals surface area contributed by atoms with Crippen LogP contribution in [0.15, 0.2) is 42.6 Å². The maximum absolute atomic E-state index is 10.7. The number of rotatable bonds is 1. The summed E-state index contributed by atoms with van der Waals surface area (Å²) in [4.78, 5) is 15.1. The van der Waals surface area contributed by atoms with Gasteiger partial charge in [0, 0.05) is 11.8 Å². The van der Waals surface area contributed by atoms with E-state index in [1.807, 2.05) is 40.9 Å². The Balaban J connectivity index is 2.51. The van der Waals surface area contributed by atoms with Crippen molar-refractivity contribution in [3.8, 4) is 0 Å². The predicted molar refractivity (Wildman–Crippen MR) is 58.1 cm³/mol. The van der Waals surface area contributed by atoms with Crippen LogP contribution in [-0.2, 0) is 0 Å². The fourth-order valence-electron chi connectivity index (χ4n) is 1.75. The van der Waals surface area contributed by atoms with Crippen LogP contribution < -0.4 is 0 Å². The Hall–Kier alpha value is -2.16. The van der Waals surface area contributed by atoms with Gasteiger partial charge in [-0.15, -0.1) is 0 Å². The average Bonchev–Trinajstić information content (AvgIpc) is 2.66. The smallest absolute Gasteiger partial charge is 0.150 e. The highest BCUT2D eigenvalue weighted by atomic mass is 16.1. The molecule has 72 valence electrons. The van der Waals surface area contributed by atoms with Crippen LogP contribution in [0, 0.1) is 0 Å². The van der Waals surface area contributed by atoms with Crippen LogP contribution in [0.25, 0.3) is 16.7 Å². The number of carbonyl (C=O) groups is 1. The minimum Gasteiger partial charge on any atom is -0.300 e. The predicted octanol–water partition coefficient (Wildman–Crippen LogP) is 2.30. The molecule has 0 atom stereocenters. The minimum absolute atomic E-state index is 0.674. The summed E-state index contributed by atoms with van der Waals surface area (Å²) in [6.45, 7) is 0. The highest BCUT2D eigenvalue weighted by molar-refractivity contribution is 5.87. The molecule has 0 aliphatic rings. The van der Waals surface area contributed by atoms with Gasteiger partial charge in [-0.05, 0) is 30.3 Å². The van der Waals surface area contributed by atoms with Crippen LogP contribution in [0.4, 0.5) is 0 Å². The average molecular weight is 196 g/mol. The summed E-state index contributed by atoms with van der Waals surface area (Å²) < 4.78 is 1.97. The Morgan fingerprint density at radius 1 is 1.20 bits per heavy atom. The first-order valence-corrected chi connectivity index (χ1v) is 4.70. The summed E-state index contributed by atoms with van der Waals surface area (Å²) in [6, 6.07) is 11.3. The fraction of sp³-hybridized carbons (Fsp3) is 0. The number of hydrogen-bond donors (Lipinski definition) is 0. The van der Waals surface area contributed by atoms with Crippen molar-refractivity contribution in [3.05, 3.63) is 48.2 Å². The topological polar surface area (TPSA) is 34.4 Å². The van der Waals surface area contributed by atoms with E-state index in [4.69, 9.17) is 0 Å². The standard InChI is InChI=1S/C12H8N2O/c15-8-9-4-5-10-11(7-9)14-6-2-1-3-12(14)13-10/h1-8H. The summed E-state index contributed by atoms with van der Waals surface area (Å²) in [5.41, 5.74) is 3.45. The summed E-state index contributed by atoms with van der Waals surface area (Å²) in [7, 11) is 0. The molecule has 0 unspecified atom stereocenters. The van der Waals surface area contributed by atoms with Gasteiger partial charge >= 0.3 is 0 Å². The lowest BCUT2D eigenvalue weighted by Gasteiger charge is -1.94. The minimum atomic E-state index is 0.674. The molecule has 2 heterocycles. The molecule has 0 saturated carbocycles. The van der Waals surface area contributed by atoms with Gasteiger partial charge in [0.2, 0.25) is 0 Å². The van der Waals surface area contributed by atoms with E-state index >= 15 is 0 Å². The van der Waals surface area contributed by atoms with Gasteiger partial charge in [-0.25, -0.2) is 4.98 Å². The molecule has 0 N–H and O–H groups in total. The third-order valence-corrected chi connectivity index (χ3v) is 2.47. The van der Waals surface area contributed by atoms with E-state index in [2.05, 4.69) is 4.98 Å². The van der Waals surface area contributed by atoms with Crippen LogP contribution in [-0.4, -0.2) is 15.7 Å². The summed E-state index contributed by atoms with van der Waals surface area (Å²) in [5, 5.41) is 0. The number of imidazole rings is 1. The zero-order valence-corrected chi connectivity index (χ0v) is 7.92. The highest BCUT2D eigenvalue weighted by Crippen LogP contribution is 2.17. The molecule has 3 aromatic rings. The van der Waals surface area contributed by atoms with Crippen molar-refractivity contribution < 1.29 is 4.79 Å². The van der Waals surface area contributed by atoms with Crippen molar-refractivity contribution in [3.63, 3.8) is 0 Å². The van der Waals surface area contributed by atoms with Crippen molar-refractivity contribution in [2.75, 3.05) is 0 Å². The Bertz CT molecular complexity index is 655. The van der Waals surface area contributed by atoms with Gasteiger partial charge in [-0.3, -0.25) is 9.20 Å². The molecule has 3 heteroatoms. The lowest BCUT2D eigenvalue weighted by molar-refractivity contribution is 0.112. The van der Waals surface area contributed by atoms with Crippen LogP contribution in [0.2, 0.25) is 0 Å². The van der Waals surface area contributed by atoms with Crippen LogP contribution in [0.5, 0.6) is 0 Å². The molecule has 3 rings (SSSR count). The molecular formula is C12H8N2O. The maximum Gasteiger partial charge on any atom is 0.150 e. The molecule has 0 radical (unpaired) electrons. The zero-order valence-electron chi connectivity index (χ0n) is 7.92. The largest absolute Gasteiger partial charge is 0.300 e. The van der Waals surface area contributed by atoms with E-state index in [-0.39, 0.29) is 0 Å². The molecule has 2 aromatic heterocycles. The van der Waals surface area contributed by atoms with E-state index in [9.17, 15) is 4.79 Å². The summed E-state index contributed by atoms with van der Waals surface area (Å²) in [6.07, 6.45) is 2.79. The number of aldehydes is 1. The number of pyridine rings is 1. The number of carbonyl (C=O) groups excluding carboxylic acids is 1. The second kappa shape index (κ2) is 2.92. The van der Waals surface area contributed by atoms with E-state index in [0.717, 1.165) is 23.0 Å². The third-order valence-electron chi connectivity index (χ3n) is 2.47. The van der Waals surface area contributed by atoms with Crippen LogP contribution >= 0.6 is 0 Å². The van der Waals surface area contributed by atoms with E-state index < -0.39 is 0 Å². The summed E-state index contributed by atoms with van der Waals surface area (Å²) in [5.74, 6) is 0. The molecule has 0 amide bonds. The van der Waals surface area contributed by atoms with Crippen LogP contribution in [0.1, 0.15) is 10.4 Å². The van der Waals surface area contributed by atoms with Crippen molar-refractivity contribution >= 4 is 23.0 Å². The van der Waals surface area contributed by atoms with Gasteiger partial charge in [-0.2, -0.15) is 0 Å². The lowest BCUT2D eigenvalue weighted by atomic mass is 10.2. The highest BCUT2D eigenvalue weighted by Gasteiger charge is 2.03. The first kappa shape index (κ1) is 8.17. The number of hydrogen-bond acceptors (Lipinski definition) is 2. The third kappa shape index (κ3) is 1.13. The lowest BCUT2D eigenvalue weighted by Crippen LogP contribution is -1.83. The first-order valence-electron chi connectivity index (χ1n) is 4.70. The fourth-order valence-corrected chi connectivity index (χ4v) is 1.75. The number of nitrogens with zero attached hydrogens (tertiary/aromatic N) is 2. The second-order valence-electron chi connectivity index (χ2n) is 3.41. The number of benzene rings is 1. The SMILES string of the molecule is O=Cc1ccc2nc3ccccn3c2c1. The Morgan fingerprint density at radius 2 is 2.13 bits per heavy atom. The van der Waals surface area contributed by atoms with Crippen molar-refractivity contribution in [2.24, 2.45) is 0 Å². The number of aromatic nitrogens is 2. The van der Waals surface area contributed by atoms with E-state index in [0.29, 0.717) is 5.56 Å². The van der Waals surface area contributed by atoms with E-state index in [1.54, 1.807) is 6.07 Å². The molecule has 0 saturated heterocycles. The quantitative estimate of drug-likeness (QED) is 0.559. The summed E-state index contributed by atoms with van der Waals surface area (Å²) >= 11 is 0. The first-order chi connectivity index (χ1) is 7.38. The van der Waals surface area contributed by atoms with Crippen molar-refractivity contribution in [2.45, 2.75) is 0 Å². The molecule has 0 aliphatic carbocycles. The van der Waals surface area contributed by atoms with Gasteiger partial charge < -0.3 is 0 Å². The maximum atomic E-state index is 10.7. The molecule has 0 bridgehead atoms. The second-order valence-corrected chi connectivity index (χ2v) is 3.41. The molecule has 0 spiro atoms. The van der Waals surface area contributed by atoms with Gasteiger partial charge in [0.25, 0.3) is 0 Å². The molecule has 15 heavy (non-hydrogen) atoms. The molecule has 0 aliphatic heterocycles. The Labute approximate surface area is 86.0 Å². The Kier molecular flexibility index (Phi) is 1.59. The molecule has 1 aromatic carbocycles. The van der Waals surface area contributed by atoms with E-state index in [1.165, 1.54) is 0 Å². The number of fused-ring (bicyclic) bond motifs is 3. The van der Waals surface area contributed by atoms with Gasteiger partial charge in [0.05, 0.1) is 11.0 Å².